The van der Waals surface area contributed by atoms with E-state index in [1.807, 2.05) is 28.0 Å². The Morgan fingerprint density at radius 1 is 1.00 bits per heavy atom. The van der Waals surface area contributed by atoms with Crippen LogP contribution >= 0.6 is 0 Å². The van der Waals surface area contributed by atoms with E-state index in [0.29, 0.717) is 25.3 Å². The van der Waals surface area contributed by atoms with E-state index in [1.165, 1.54) is 6.42 Å². The van der Waals surface area contributed by atoms with Crippen LogP contribution in [-0.2, 0) is 17.7 Å². The van der Waals surface area contributed by atoms with Crippen molar-refractivity contribution >= 4 is 23.3 Å². The van der Waals surface area contributed by atoms with Crippen LogP contribution in [0.15, 0.2) is 30.5 Å². The van der Waals surface area contributed by atoms with E-state index in [-0.39, 0.29) is 17.9 Å². The number of piperidine rings is 1. The maximum Gasteiger partial charge on any atom is 0.255 e. The fraction of sp³-hybridized carbons (Fsp3) is 0.480. The van der Waals surface area contributed by atoms with Crippen LogP contribution < -0.4 is 4.90 Å². The first-order valence-corrected chi connectivity index (χ1v) is 11.8. The lowest BCUT2D eigenvalue weighted by Crippen LogP contribution is -2.48. The Balaban J connectivity index is 1.26. The lowest BCUT2D eigenvalue weighted by molar-refractivity contribution is -0.0540. The fourth-order valence-electron chi connectivity index (χ4n) is 5.31. The summed E-state index contributed by atoms with van der Waals surface area (Å²) < 4.78 is 5.28. The molecule has 0 bridgehead atoms. The second-order valence-corrected chi connectivity index (χ2v) is 9.28. The summed E-state index contributed by atoms with van der Waals surface area (Å²) in [5.74, 6) is 1.14. The van der Waals surface area contributed by atoms with E-state index < -0.39 is 0 Å². The summed E-state index contributed by atoms with van der Waals surface area (Å²) in [6.45, 7) is 4.49. The van der Waals surface area contributed by atoms with Crippen LogP contribution in [0.1, 0.15) is 57.5 Å². The number of benzene rings is 1. The monoisotopic (exact) mass is 432 g/mol. The number of amides is 2. The number of aryl methyl sites for hydroxylation is 1. The molecule has 32 heavy (non-hydrogen) atoms. The normalized spacial score (nSPS) is 20.8. The van der Waals surface area contributed by atoms with E-state index in [9.17, 15) is 9.59 Å². The molecule has 2 saturated heterocycles. The van der Waals surface area contributed by atoms with Crippen LogP contribution in [0.25, 0.3) is 0 Å². The number of hydrogen-bond donors (Lipinski definition) is 0. The third kappa shape index (κ3) is 3.26. The zero-order valence-corrected chi connectivity index (χ0v) is 18.3. The number of fused-ring (bicyclic) bond motifs is 2. The van der Waals surface area contributed by atoms with E-state index in [0.717, 1.165) is 73.5 Å². The summed E-state index contributed by atoms with van der Waals surface area (Å²) >= 11 is 0. The van der Waals surface area contributed by atoms with Crippen molar-refractivity contribution in [3.63, 3.8) is 0 Å². The average Bonchev–Trinajstić information content (AvgIpc) is 3.12. The molecule has 7 heteroatoms. The third-order valence-corrected chi connectivity index (χ3v) is 7.21. The van der Waals surface area contributed by atoms with E-state index in [2.05, 4.69) is 11.0 Å². The molecule has 0 atom stereocenters. The van der Waals surface area contributed by atoms with Crippen molar-refractivity contribution in [1.29, 1.82) is 0 Å². The molecule has 0 spiro atoms. The van der Waals surface area contributed by atoms with E-state index >= 15 is 0 Å². The topological polar surface area (TPSA) is 66.0 Å². The predicted molar refractivity (Wildman–Crippen MR) is 120 cm³/mol. The fourth-order valence-corrected chi connectivity index (χ4v) is 5.31. The number of anilines is 2. The molecule has 7 nitrogen and oxygen atoms in total. The van der Waals surface area contributed by atoms with Gasteiger partial charge >= 0.3 is 0 Å². The van der Waals surface area contributed by atoms with Gasteiger partial charge in [0.15, 0.2) is 0 Å². The van der Waals surface area contributed by atoms with Gasteiger partial charge in [0.2, 0.25) is 0 Å². The first-order valence-electron chi connectivity index (χ1n) is 11.8. The van der Waals surface area contributed by atoms with Gasteiger partial charge in [-0.2, -0.15) is 0 Å². The smallest absolute Gasteiger partial charge is 0.255 e. The number of ether oxygens (including phenoxy) is 1. The largest absolute Gasteiger partial charge is 0.377 e. The Kier molecular flexibility index (Phi) is 4.86. The Morgan fingerprint density at radius 3 is 2.62 bits per heavy atom. The maximum atomic E-state index is 12.9. The highest BCUT2D eigenvalue weighted by Gasteiger charge is 2.36. The van der Waals surface area contributed by atoms with Crippen LogP contribution in [-0.4, -0.2) is 65.5 Å². The quantitative estimate of drug-likeness (QED) is 0.746. The van der Waals surface area contributed by atoms with E-state index in [1.54, 1.807) is 6.20 Å². The van der Waals surface area contributed by atoms with Crippen molar-refractivity contribution in [3.05, 3.63) is 52.7 Å². The van der Waals surface area contributed by atoms with Crippen LogP contribution in [0, 0.1) is 0 Å². The molecule has 0 N–H and O–H groups in total. The molecule has 2 amide bonds. The van der Waals surface area contributed by atoms with Gasteiger partial charge < -0.3 is 19.4 Å². The van der Waals surface area contributed by atoms with Gasteiger partial charge in [-0.05, 0) is 67.5 Å². The van der Waals surface area contributed by atoms with Gasteiger partial charge in [0.1, 0.15) is 5.82 Å². The number of pyridine rings is 1. The van der Waals surface area contributed by atoms with Crippen molar-refractivity contribution in [3.8, 4) is 0 Å². The minimum absolute atomic E-state index is 0.105. The molecule has 5 heterocycles. The number of carbonyl (C=O) groups excluding carboxylic acids is 2. The Bertz CT molecular complexity index is 1070. The van der Waals surface area contributed by atoms with Crippen molar-refractivity contribution in [2.24, 2.45) is 0 Å². The molecule has 6 rings (SSSR count). The molecule has 0 saturated carbocycles. The highest BCUT2D eigenvalue weighted by atomic mass is 16.5. The van der Waals surface area contributed by atoms with Crippen LogP contribution in [0.2, 0.25) is 0 Å². The molecular formula is C25H28N4O3. The maximum absolute atomic E-state index is 12.9. The van der Waals surface area contributed by atoms with Crippen LogP contribution in [0.5, 0.6) is 0 Å². The molecule has 4 aliphatic heterocycles. The zero-order chi connectivity index (χ0) is 21.7. The number of aromatic nitrogens is 1. The lowest BCUT2D eigenvalue weighted by atomic mass is 10.0. The highest BCUT2D eigenvalue weighted by molar-refractivity contribution is 5.99. The molecule has 0 aliphatic carbocycles. The van der Waals surface area contributed by atoms with Gasteiger partial charge in [-0.25, -0.2) is 4.98 Å². The lowest BCUT2D eigenvalue weighted by Gasteiger charge is -2.34. The Morgan fingerprint density at radius 2 is 1.84 bits per heavy atom. The Hall–Kier alpha value is -2.93. The van der Waals surface area contributed by atoms with Crippen molar-refractivity contribution in [1.82, 2.24) is 14.8 Å². The van der Waals surface area contributed by atoms with Gasteiger partial charge in [0.05, 0.1) is 24.8 Å². The SMILES string of the molecule is O=C(c1cnc2c(c1)CCCN2c1ccc2c(c1)CN(C1COC1)C2=O)N1CCCCC1. The van der Waals surface area contributed by atoms with Gasteiger partial charge in [-0.1, -0.05) is 0 Å². The number of hydrogen-bond acceptors (Lipinski definition) is 5. The summed E-state index contributed by atoms with van der Waals surface area (Å²) in [6.07, 6.45) is 7.06. The molecule has 4 aliphatic rings. The van der Waals surface area contributed by atoms with Crippen molar-refractivity contribution in [2.45, 2.75) is 44.7 Å². The third-order valence-electron chi connectivity index (χ3n) is 7.21. The average molecular weight is 433 g/mol. The molecule has 2 fully saturated rings. The number of rotatable bonds is 3. The molecule has 1 aromatic heterocycles. The van der Waals surface area contributed by atoms with Gasteiger partial charge in [-0.15, -0.1) is 0 Å². The predicted octanol–water partition coefficient (Wildman–Crippen LogP) is 3.15. The van der Waals surface area contributed by atoms with Crippen LogP contribution in [0.4, 0.5) is 11.5 Å². The summed E-state index contributed by atoms with van der Waals surface area (Å²) in [4.78, 5) is 36.6. The number of likely N-dealkylation sites (tertiary alicyclic amines) is 1. The van der Waals surface area contributed by atoms with Gasteiger partial charge in [-0.3, -0.25) is 9.59 Å². The number of nitrogens with zero attached hydrogens (tertiary/aromatic N) is 4. The molecule has 2 aromatic rings. The van der Waals surface area contributed by atoms with E-state index in [4.69, 9.17) is 9.72 Å². The summed E-state index contributed by atoms with van der Waals surface area (Å²) in [5, 5.41) is 0. The summed E-state index contributed by atoms with van der Waals surface area (Å²) in [7, 11) is 0. The van der Waals surface area contributed by atoms with Crippen molar-refractivity contribution in [2.75, 3.05) is 37.7 Å². The standard InChI is InChI=1S/C25H28N4O3/c30-24(27-8-2-1-3-9-27)18-11-17-5-4-10-28(23(17)26-13-18)20-6-7-22-19(12-20)14-29(25(22)31)21-15-32-16-21/h6-7,11-13,21H,1-5,8-10,14-16H2. The first-order chi connectivity index (χ1) is 15.7. The van der Waals surface area contributed by atoms with Gasteiger partial charge in [0.25, 0.3) is 11.8 Å². The minimum Gasteiger partial charge on any atom is -0.377 e. The molecule has 166 valence electrons. The molecule has 0 unspecified atom stereocenters. The summed E-state index contributed by atoms with van der Waals surface area (Å²) in [5.41, 5.74) is 4.76. The second-order valence-electron chi connectivity index (χ2n) is 9.28. The highest BCUT2D eigenvalue weighted by Crippen LogP contribution is 2.36. The van der Waals surface area contributed by atoms with Gasteiger partial charge in [0, 0.05) is 43.6 Å². The van der Waals surface area contributed by atoms with Crippen LogP contribution in [0.3, 0.4) is 0 Å². The first kappa shape index (κ1) is 19.7. The Labute approximate surface area is 188 Å². The zero-order valence-electron chi connectivity index (χ0n) is 18.3. The molecule has 0 radical (unpaired) electrons. The molecular weight excluding hydrogens is 404 g/mol. The second kappa shape index (κ2) is 7.89. The molecule has 1 aromatic carbocycles. The van der Waals surface area contributed by atoms with Crippen molar-refractivity contribution < 1.29 is 14.3 Å². The minimum atomic E-state index is 0.105. The number of carbonyl (C=O) groups is 2. The summed E-state index contributed by atoms with van der Waals surface area (Å²) in [6, 6.07) is 8.36.